The molecule has 0 aliphatic carbocycles. The third-order valence-electron chi connectivity index (χ3n) is 4.99. The Morgan fingerprint density at radius 2 is 1.27 bits per heavy atom. The zero-order valence-corrected chi connectivity index (χ0v) is 22.1. The van der Waals surface area contributed by atoms with Crippen molar-refractivity contribution >= 4 is 31.6 Å². The maximum atomic E-state index is 12.6. The van der Waals surface area contributed by atoms with Gasteiger partial charge in [0.25, 0.3) is 15.9 Å². The molecule has 0 saturated heterocycles. The molecule has 37 heavy (non-hydrogen) atoms. The minimum atomic E-state index is -3.82. The fourth-order valence-corrected chi connectivity index (χ4v) is 5.19. The second-order valence-corrected chi connectivity index (χ2v) is 11.3. The molecule has 0 aliphatic heterocycles. The van der Waals surface area contributed by atoms with E-state index in [2.05, 4.69) is 14.8 Å². The summed E-state index contributed by atoms with van der Waals surface area (Å²) in [7, 11) is -7.48. The molecule has 3 aromatic carbocycles. The number of hydrogen-bond donors (Lipinski definition) is 3. The molecule has 10 nitrogen and oxygen atoms in total. The predicted octanol–water partition coefficient (Wildman–Crippen LogP) is 2.67. The maximum absolute atomic E-state index is 12.6. The first-order valence-corrected chi connectivity index (χ1v) is 14.4. The van der Waals surface area contributed by atoms with E-state index in [0.717, 1.165) is 5.56 Å². The fraction of sp³-hybridized carbons (Fsp3) is 0.240. The van der Waals surface area contributed by atoms with Crippen molar-refractivity contribution in [1.29, 1.82) is 0 Å². The van der Waals surface area contributed by atoms with Crippen LogP contribution in [0.3, 0.4) is 0 Å². The Labute approximate surface area is 217 Å². The number of benzene rings is 3. The van der Waals surface area contributed by atoms with E-state index in [1.54, 1.807) is 36.4 Å². The molecule has 0 fully saturated rings. The van der Waals surface area contributed by atoms with Gasteiger partial charge in [0.05, 0.1) is 16.4 Å². The smallest absolute Gasteiger partial charge is 0.261 e. The molecule has 0 spiro atoms. The fourth-order valence-electron chi connectivity index (χ4n) is 3.10. The molecule has 3 aromatic rings. The van der Waals surface area contributed by atoms with E-state index in [1.165, 1.54) is 36.4 Å². The first kappa shape index (κ1) is 28.0. The zero-order valence-electron chi connectivity index (χ0n) is 20.4. The van der Waals surface area contributed by atoms with Crippen molar-refractivity contribution in [3.63, 3.8) is 0 Å². The first-order chi connectivity index (χ1) is 17.6. The average Bonchev–Trinajstić information content (AvgIpc) is 2.87. The minimum Gasteiger partial charge on any atom is -0.494 e. The van der Waals surface area contributed by atoms with E-state index in [1.807, 2.05) is 13.8 Å². The summed E-state index contributed by atoms with van der Waals surface area (Å²) in [5, 5.41) is 2.56. The van der Waals surface area contributed by atoms with E-state index >= 15 is 0 Å². The minimum absolute atomic E-state index is 0.00978. The topological polar surface area (TPSA) is 140 Å². The van der Waals surface area contributed by atoms with Crippen LogP contribution in [0.4, 0.5) is 5.69 Å². The van der Waals surface area contributed by atoms with Gasteiger partial charge in [-0.05, 0) is 74.5 Å². The highest BCUT2D eigenvalue weighted by atomic mass is 32.2. The van der Waals surface area contributed by atoms with Crippen LogP contribution in [0.1, 0.15) is 12.5 Å². The molecule has 0 aliphatic rings. The SMILES string of the molecule is CCOc1ccc(NS(=O)(=O)c2ccc(OCC(=O)NCCNS(=O)(=O)c3ccc(C)cc3)cc2)cc1. The van der Waals surface area contributed by atoms with E-state index in [0.29, 0.717) is 23.8 Å². The van der Waals surface area contributed by atoms with Crippen molar-refractivity contribution in [1.82, 2.24) is 10.0 Å². The summed E-state index contributed by atoms with van der Waals surface area (Å²) in [6.07, 6.45) is 0. The summed E-state index contributed by atoms with van der Waals surface area (Å²) >= 11 is 0. The largest absolute Gasteiger partial charge is 0.494 e. The third-order valence-corrected chi connectivity index (χ3v) is 7.87. The van der Waals surface area contributed by atoms with Crippen LogP contribution in [0, 0.1) is 6.92 Å². The van der Waals surface area contributed by atoms with Crippen molar-refractivity contribution < 1.29 is 31.1 Å². The molecular formula is C25H29N3O7S2. The van der Waals surface area contributed by atoms with Gasteiger partial charge >= 0.3 is 0 Å². The van der Waals surface area contributed by atoms with Gasteiger partial charge in [0.2, 0.25) is 10.0 Å². The number of carbonyl (C=O) groups is 1. The van der Waals surface area contributed by atoms with Gasteiger partial charge in [-0.3, -0.25) is 9.52 Å². The molecule has 1 amide bonds. The summed E-state index contributed by atoms with van der Waals surface area (Å²) in [5.41, 5.74) is 1.34. The van der Waals surface area contributed by atoms with Gasteiger partial charge in [0.15, 0.2) is 6.61 Å². The summed E-state index contributed by atoms with van der Waals surface area (Å²) in [6, 6.07) is 18.6. The molecule has 198 valence electrons. The van der Waals surface area contributed by atoms with E-state index in [-0.39, 0.29) is 29.5 Å². The van der Waals surface area contributed by atoms with Crippen LogP contribution in [0.25, 0.3) is 0 Å². The van der Waals surface area contributed by atoms with Gasteiger partial charge in [0, 0.05) is 18.8 Å². The van der Waals surface area contributed by atoms with Crippen molar-refractivity contribution in [2.24, 2.45) is 0 Å². The van der Waals surface area contributed by atoms with E-state index in [9.17, 15) is 21.6 Å². The van der Waals surface area contributed by atoms with Gasteiger partial charge in [-0.1, -0.05) is 17.7 Å². The van der Waals surface area contributed by atoms with Gasteiger partial charge in [-0.2, -0.15) is 0 Å². The highest BCUT2D eigenvalue weighted by Gasteiger charge is 2.15. The van der Waals surface area contributed by atoms with E-state index in [4.69, 9.17) is 9.47 Å². The number of carbonyl (C=O) groups excluding carboxylic acids is 1. The molecule has 0 aromatic heterocycles. The lowest BCUT2D eigenvalue weighted by atomic mass is 10.2. The highest BCUT2D eigenvalue weighted by Crippen LogP contribution is 2.21. The number of sulfonamides is 2. The molecule has 0 atom stereocenters. The number of aryl methyl sites for hydroxylation is 1. The number of nitrogens with one attached hydrogen (secondary N) is 3. The lowest BCUT2D eigenvalue weighted by Gasteiger charge is -2.11. The third kappa shape index (κ3) is 8.48. The molecular weight excluding hydrogens is 518 g/mol. The van der Waals surface area contributed by atoms with Gasteiger partial charge in [0.1, 0.15) is 11.5 Å². The second-order valence-electron chi connectivity index (χ2n) is 7.88. The summed E-state index contributed by atoms with van der Waals surface area (Å²) < 4.78 is 65.3. The van der Waals surface area contributed by atoms with Crippen molar-refractivity contribution in [3.8, 4) is 11.5 Å². The van der Waals surface area contributed by atoms with Crippen LogP contribution in [0.2, 0.25) is 0 Å². The Hall–Kier alpha value is -3.61. The van der Waals surface area contributed by atoms with Gasteiger partial charge in [-0.25, -0.2) is 21.6 Å². The molecule has 3 N–H and O–H groups in total. The molecule has 12 heteroatoms. The molecule has 0 bridgehead atoms. The number of anilines is 1. The molecule has 0 unspecified atom stereocenters. The molecule has 0 saturated carbocycles. The van der Waals surface area contributed by atoms with Gasteiger partial charge in [-0.15, -0.1) is 0 Å². The molecule has 0 radical (unpaired) electrons. The number of amides is 1. The second kappa shape index (κ2) is 12.6. The predicted molar refractivity (Wildman–Crippen MR) is 140 cm³/mol. The quantitative estimate of drug-likeness (QED) is 0.280. The van der Waals surface area contributed by atoms with E-state index < -0.39 is 26.0 Å². The Bertz CT molecular complexity index is 1390. The molecule has 3 rings (SSSR count). The van der Waals surface area contributed by atoms with Crippen LogP contribution < -0.4 is 24.2 Å². The van der Waals surface area contributed by atoms with Crippen LogP contribution in [0.5, 0.6) is 11.5 Å². The normalized spacial score (nSPS) is 11.5. The monoisotopic (exact) mass is 547 g/mol. The lowest BCUT2D eigenvalue weighted by Crippen LogP contribution is -2.36. The number of ether oxygens (including phenoxy) is 2. The van der Waals surface area contributed by atoms with Crippen LogP contribution in [-0.2, 0) is 24.8 Å². The van der Waals surface area contributed by atoms with Crippen LogP contribution in [-0.4, -0.2) is 49.0 Å². The Kier molecular flexibility index (Phi) is 9.50. The lowest BCUT2D eigenvalue weighted by molar-refractivity contribution is -0.123. The standard InChI is InChI=1S/C25H29N3O7S2/c1-3-34-21-8-6-20(7-9-21)28-37(32,33)24-14-10-22(11-15-24)35-18-25(29)26-16-17-27-36(30,31)23-12-4-19(2)5-13-23/h4-15,27-28H,3,16-18H2,1-2H3,(H,26,29). The number of rotatable bonds is 13. The van der Waals surface area contributed by atoms with Crippen LogP contribution in [0.15, 0.2) is 82.6 Å². The first-order valence-electron chi connectivity index (χ1n) is 11.4. The van der Waals surface area contributed by atoms with Crippen molar-refractivity contribution in [2.75, 3.05) is 31.0 Å². The Balaban J connectivity index is 1.43. The molecule has 0 heterocycles. The maximum Gasteiger partial charge on any atom is 0.261 e. The van der Waals surface area contributed by atoms with Gasteiger partial charge < -0.3 is 14.8 Å². The summed E-state index contributed by atoms with van der Waals surface area (Å²) in [4.78, 5) is 12.2. The zero-order chi connectivity index (χ0) is 26.9. The average molecular weight is 548 g/mol. The van der Waals surface area contributed by atoms with Crippen molar-refractivity contribution in [2.45, 2.75) is 23.6 Å². The Morgan fingerprint density at radius 3 is 1.89 bits per heavy atom. The summed E-state index contributed by atoms with van der Waals surface area (Å²) in [6.45, 7) is 3.99. The highest BCUT2D eigenvalue weighted by molar-refractivity contribution is 7.92. The Morgan fingerprint density at radius 1 is 0.730 bits per heavy atom. The van der Waals surface area contributed by atoms with Crippen LogP contribution >= 0.6 is 0 Å². The number of hydrogen-bond acceptors (Lipinski definition) is 7. The van der Waals surface area contributed by atoms with Crippen molar-refractivity contribution in [3.05, 3.63) is 78.4 Å². The summed E-state index contributed by atoms with van der Waals surface area (Å²) in [5.74, 6) is 0.484.